The van der Waals surface area contributed by atoms with Gasteiger partial charge in [0, 0.05) is 25.2 Å². The molecule has 0 aliphatic carbocycles. The number of nitrogen functional groups attached to an aromatic ring is 1. The van der Waals surface area contributed by atoms with Gasteiger partial charge in [0.2, 0.25) is 5.91 Å². The number of rotatable bonds is 3. The summed E-state index contributed by atoms with van der Waals surface area (Å²) in [5.74, 6) is -0.154. The molecule has 0 atom stereocenters. The first-order valence-electron chi connectivity index (χ1n) is 6.81. The lowest BCUT2D eigenvalue weighted by atomic mass is 10.1. The van der Waals surface area contributed by atoms with Crippen molar-refractivity contribution in [3.63, 3.8) is 0 Å². The van der Waals surface area contributed by atoms with Gasteiger partial charge in [0.25, 0.3) is 5.91 Å². The van der Waals surface area contributed by atoms with Crippen molar-refractivity contribution in [1.82, 2.24) is 10.6 Å². The molecule has 1 fully saturated rings. The van der Waals surface area contributed by atoms with Crippen LogP contribution in [-0.4, -0.2) is 38.0 Å². The monoisotopic (exact) mass is 276 g/mol. The largest absolute Gasteiger partial charge is 0.397 e. The Hall–Kier alpha value is -2.24. The third kappa shape index (κ3) is 3.20. The Morgan fingerprint density at radius 2 is 2.30 bits per heavy atom. The van der Waals surface area contributed by atoms with E-state index in [0.717, 1.165) is 18.7 Å². The zero-order chi connectivity index (χ0) is 14.5. The summed E-state index contributed by atoms with van der Waals surface area (Å²) in [6.07, 6.45) is 0.858. The van der Waals surface area contributed by atoms with Gasteiger partial charge in [-0.05, 0) is 31.5 Å². The molecule has 1 aromatic rings. The van der Waals surface area contributed by atoms with Gasteiger partial charge in [-0.2, -0.15) is 0 Å². The minimum absolute atomic E-state index is 0.0229. The molecule has 1 saturated heterocycles. The summed E-state index contributed by atoms with van der Waals surface area (Å²) in [5.41, 5.74) is 7.86. The van der Waals surface area contributed by atoms with Crippen molar-refractivity contribution in [1.29, 1.82) is 0 Å². The van der Waals surface area contributed by atoms with E-state index >= 15 is 0 Å². The van der Waals surface area contributed by atoms with Crippen molar-refractivity contribution < 1.29 is 9.59 Å². The predicted octanol–water partition coefficient (Wildman–Crippen LogP) is 0.345. The number of amides is 2. The first-order valence-corrected chi connectivity index (χ1v) is 6.81. The summed E-state index contributed by atoms with van der Waals surface area (Å²) in [7, 11) is 0. The third-order valence-corrected chi connectivity index (χ3v) is 3.23. The topological polar surface area (TPSA) is 87.5 Å². The first-order chi connectivity index (χ1) is 9.61. The van der Waals surface area contributed by atoms with Crippen LogP contribution >= 0.6 is 0 Å². The summed E-state index contributed by atoms with van der Waals surface area (Å²) in [6.45, 7) is 4.12. The molecule has 0 aromatic heterocycles. The van der Waals surface area contributed by atoms with Crippen LogP contribution in [-0.2, 0) is 4.79 Å². The fourth-order valence-electron chi connectivity index (χ4n) is 2.23. The Balaban J connectivity index is 2.27. The van der Waals surface area contributed by atoms with Crippen LogP contribution in [0, 0.1) is 0 Å². The number of nitrogens with two attached hydrogens (primary N) is 1. The van der Waals surface area contributed by atoms with Gasteiger partial charge >= 0.3 is 0 Å². The molecule has 1 heterocycles. The Labute approximate surface area is 118 Å². The maximum absolute atomic E-state index is 11.9. The number of nitrogens with zero attached hydrogens (tertiary/aromatic N) is 1. The zero-order valence-electron chi connectivity index (χ0n) is 11.6. The molecule has 4 N–H and O–H groups in total. The summed E-state index contributed by atoms with van der Waals surface area (Å²) < 4.78 is 0. The third-order valence-electron chi connectivity index (χ3n) is 3.23. The van der Waals surface area contributed by atoms with Crippen LogP contribution < -0.4 is 21.3 Å². The Bertz CT molecular complexity index is 516. The molecule has 0 bridgehead atoms. The van der Waals surface area contributed by atoms with Gasteiger partial charge < -0.3 is 21.3 Å². The van der Waals surface area contributed by atoms with E-state index in [-0.39, 0.29) is 18.4 Å². The Morgan fingerprint density at radius 3 is 3.05 bits per heavy atom. The second-order valence-corrected chi connectivity index (χ2v) is 4.76. The lowest BCUT2D eigenvalue weighted by Crippen LogP contribution is -2.33. The maximum atomic E-state index is 11.9. The van der Waals surface area contributed by atoms with E-state index in [0.29, 0.717) is 24.3 Å². The number of benzene rings is 1. The van der Waals surface area contributed by atoms with Gasteiger partial charge in [0.15, 0.2) is 0 Å². The molecule has 1 aromatic carbocycles. The maximum Gasteiger partial charge on any atom is 0.251 e. The second-order valence-electron chi connectivity index (χ2n) is 4.76. The van der Waals surface area contributed by atoms with Gasteiger partial charge in [-0.1, -0.05) is 0 Å². The van der Waals surface area contributed by atoms with E-state index < -0.39 is 0 Å². The van der Waals surface area contributed by atoms with Crippen LogP contribution in [0.1, 0.15) is 23.7 Å². The van der Waals surface area contributed by atoms with Crippen LogP contribution in [0.5, 0.6) is 0 Å². The van der Waals surface area contributed by atoms with Gasteiger partial charge in [-0.25, -0.2) is 0 Å². The van der Waals surface area contributed by atoms with E-state index in [1.54, 1.807) is 18.2 Å². The molecule has 1 aliphatic rings. The molecule has 0 unspecified atom stereocenters. The molecule has 1 aliphatic heterocycles. The molecule has 2 rings (SSSR count). The van der Waals surface area contributed by atoms with Gasteiger partial charge in [-0.3, -0.25) is 9.59 Å². The molecule has 0 saturated carbocycles. The highest BCUT2D eigenvalue weighted by Gasteiger charge is 2.18. The molecule has 20 heavy (non-hydrogen) atoms. The minimum atomic E-state index is -0.131. The summed E-state index contributed by atoms with van der Waals surface area (Å²) >= 11 is 0. The predicted molar refractivity (Wildman–Crippen MR) is 78.7 cm³/mol. The molecule has 0 radical (unpaired) electrons. The highest BCUT2D eigenvalue weighted by atomic mass is 16.2. The molecule has 6 nitrogen and oxygen atoms in total. The number of nitrogens with one attached hydrogen (secondary N) is 2. The molecule has 108 valence electrons. The van der Waals surface area contributed by atoms with Gasteiger partial charge in [0.1, 0.15) is 0 Å². The fourth-order valence-corrected chi connectivity index (χ4v) is 2.23. The fraction of sp³-hybridized carbons (Fsp3) is 0.429. The number of hydrogen-bond acceptors (Lipinski definition) is 4. The normalized spacial score (nSPS) is 15.4. The SMILES string of the molecule is CCNC(=O)c1ccc(N)c(N2CCCNC(=O)C2)c1. The number of carbonyl (C=O) groups is 2. The second kappa shape index (κ2) is 6.27. The van der Waals surface area contributed by atoms with E-state index in [2.05, 4.69) is 10.6 Å². The van der Waals surface area contributed by atoms with Crippen molar-refractivity contribution >= 4 is 23.2 Å². The van der Waals surface area contributed by atoms with E-state index in [1.807, 2.05) is 11.8 Å². The standard InChI is InChI=1S/C14H20N4O2/c1-2-16-14(20)10-4-5-11(15)12(8-10)18-7-3-6-17-13(19)9-18/h4-5,8H,2-3,6-7,9,15H2,1H3,(H,16,20)(H,17,19). The summed E-state index contributed by atoms with van der Waals surface area (Å²) in [5, 5.41) is 5.58. The van der Waals surface area contributed by atoms with Crippen molar-refractivity contribution in [2.45, 2.75) is 13.3 Å². The van der Waals surface area contributed by atoms with Crippen LogP contribution in [0.2, 0.25) is 0 Å². The molecular weight excluding hydrogens is 256 g/mol. The number of hydrogen-bond donors (Lipinski definition) is 3. The van der Waals surface area contributed by atoms with Crippen LogP contribution in [0.4, 0.5) is 11.4 Å². The smallest absolute Gasteiger partial charge is 0.251 e. The minimum Gasteiger partial charge on any atom is -0.397 e. The quantitative estimate of drug-likeness (QED) is 0.695. The zero-order valence-corrected chi connectivity index (χ0v) is 11.6. The summed E-state index contributed by atoms with van der Waals surface area (Å²) in [4.78, 5) is 25.4. The highest BCUT2D eigenvalue weighted by Crippen LogP contribution is 2.25. The number of carbonyl (C=O) groups excluding carboxylic acids is 2. The lowest BCUT2D eigenvalue weighted by molar-refractivity contribution is -0.119. The Morgan fingerprint density at radius 1 is 1.50 bits per heavy atom. The van der Waals surface area contributed by atoms with Gasteiger partial charge in [-0.15, -0.1) is 0 Å². The van der Waals surface area contributed by atoms with Crippen molar-refractivity contribution in [2.75, 3.05) is 36.8 Å². The molecule has 0 spiro atoms. The number of anilines is 2. The molecule has 6 heteroatoms. The molecule has 2 amide bonds. The average Bonchev–Trinajstić information content (AvgIpc) is 2.64. The van der Waals surface area contributed by atoms with Gasteiger partial charge in [0.05, 0.1) is 17.9 Å². The van der Waals surface area contributed by atoms with Crippen LogP contribution in [0.3, 0.4) is 0 Å². The van der Waals surface area contributed by atoms with Crippen molar-refractivity contribution in [2.24, 2.45) is 0 Å². The van der Waals surface area contributed by atoms with Crippen LogP contribution in [0.25, 0.3) is 0 Å². The van der Waals surface area contributed by atoms with E-state index in [4.69, 9.17) is 5.73 Å². The first kappa shape index (κ1) is 14.2. The van der Waals surface area contributed by atoms with Crippen LogP contribution in [0.15, 0.2) is 18.2 Å². The molecular formula is C14H20N4O2. The summed E-state index contributed by atoms with van der Waals surface area (Å²) in [6, 6.07) is 5.16. The average molecular weight is 276 g/mol. The van der Waals surface area contributed by atoms with E-state index in [1.165, 1.54) is 0 Å². The Kier molecular flexibility index (Phi) is 4.45. The van der Waals surface area contributed by atoms with Crippen molar-refractivity contribution in [3.8, 4) is 0 Å². The highest BCUT2D eigenvalue weighted by molar-refractivity contribution is 5.96. The van der Waals surface area contributed by atoms with E-state index in [9.17, 15) is 9.59 Å². The lowest BCUT2D eigenvalue weighted by Gasteiger charge is -2.23. The van der Waals surface area contributed by atoms with Crippen molar-refractivity contribution in [3.05, 3.63) is 23.8 Å².